The van der Waals surface area contributed by atoms with Crippen molar-refractivity contribution in [1.82, 2.24) is 9.78 Å². The van der Waals surface area contributed by atoms with E-state index in [-0.39, 0.29) is 12.1 Å². The first-order valence-corrected chi connectivity index (χ1v) is 5.90. The Kier molecular flexibility index (Phi) is 3.62. The van der Waals surface area contributed by atoms with Crippen molar-refractivity contribution in [2.24, 2.45) is 7.05 Å². The summed E-state index contributed by atoms with van der Waals surface area (Å²) in [7, 11) is 1.65. The lowest BCUT2D eigenvalue weighted by Gasteiger charge is -2.10. The molecule has 100 valence electrons. The van der Waals surface area contributed by atoms with E-state index in [1.807, 2.05) is 18.2 Å². The lowest BCUT2D eigenvalue weighted by Crippen LogP contribution is -2.08. The summed E-state index contributed by atoms with van der Waals surface area (Å²) in [4.78, 5) is 10.6. The van der Waals surface area contributed by atoms with Crippen molar-refractivity contribution in [3.05, 3.63) is 57.4 Å². The Balaban J connectivity index is 2.31. The predicted octanol–water partition coefficient (Wildman–Crippen LogP) is 1.91. The molecular weight excluding hydrogens is 246 g/mol. The summed E-state index contributed by atoms with van der Waals surface area (Å²) in [5.74, 6) is 0. The van der Waals surface area contributed by atoms with Crippen LogP contribution in [-0.2, 0) is 13.5 Å². The molecule has 0 spiro atoms. The molecule has 0 radical (unpaired) electrons. The molecule has 2 aromatic rings. The monoisotopic (exact) mass is 261 g/mol. The first-order chi connectivity index (χ1) is 9.00. The van der Waals surface area contributed by atoms with E-state index in [0.717, 1.165) is 5.56 Å². The van der Waals surface area contributed by atoms with Gasteiger partial charge in [0.05, 0.1) is 11.0 Å². The van der Waals surface area contributed by atoms with Crippen LogP contribution in [0, 0.1) is 17.0 Å². The zero-order valence-electron chi connectivity index (χ0n) is 10.8. The number of aliphatic hydroxyl groups is 1. The van der Waals surface area contributed by atoms with Gasteiger partial charge in [0.2, 0.25) is 0 Å². The van der Waals surface area contributed by atoms with Crippen LogP contribution in [0.15, 0.2) is 30.3 Å². The van der Waals surface area contributed by atoms with Gasteiger partial charge in [-0.05, 0) is 12.5 Å². The van der Waals surface area contributed by atoms with Gasteiger partial charge in [0.1, 0.15) is 11.4 Å². The second-order valence-electron chi connectivity index (χ2n) is 4.39. The third kappa shape index (κ3) is 2.63. The van der Waals surface area contributed by atoms with Crippen LogP contribution in [0.2, 0.25) is 0 Å². The molecule has 6 nitrogen and oxygen atoms in total. The highest BCUT2D eigenvalue weighted by molar-refractivity contribution is 5.41. The minimum atomic E-state index is -0.783. The van der Waals surface area contributed by atoms with Crippen molar-refractivity contribution in [2.45, 2.75) is 19.4 Å². The smallest absolute Gasteiger partial charge is 0.313 e. The maximum atomic E-state index is 11.0. The minimum Gasteiger partial charge on any atom is -0.388 e. The molecule has 0 aliphatic heterocycles. The Morgan fingerprint density at radius 3 is 2.63 bits per heavy atom. The van der Waals surface area contributed by atoms with E-state index >= 15 is 0 Å². The molecule has 1 aromatic heterocycles. The molecule has 0 aliphatic rings. The van der Waals surface area contributed by atoms with Gasteiger partial charge in [0.15, 0.2) is 0 Å². The van der Waals surface area contributed by atoms with E-state index in [2.05, 4.69) is 5.10 Å². The average molecular weight is 261 g/mol. The van der Waals surface area contributed by atoms with Gasteiger partial charge < -0.3 is 5.11 Å². The van der Waals surface area contributed by atoms with Gasteiger partial charge in [-0.25, -0.2) is 0 Å². The van der Waals surface area contributed by atoms with Crippen molar-refractivity contribution in [1.29, 1.82) is 0 Å². The van der Waals surface area contributed by atoms with Crippen molar-refractivity contribution in [3.63, 3.8) is 0 Å². The van der Waals surface area contributed by atoms with Crippen LogP contribution in [-0.4, -0.2) is 19.8 Å². The Hall–Kier alpha value is -2.21. The van der Waals surface area contributed by atoms with Crippen molar-refractivity contribution in [3.8, 4) is 0 Å². The second kappa shape index (κ2) is 5.19. The van der Waals surface area contributed by atoms with Crippen LogP contribution >= 0.6 is 0 Å². The summed E-state index contributed by atoms with van der Waals surface area (Å²) in [6, 6.07) is 9.08. The van der Waals surface area contributed by atoms with Crippen LogP contribution in [0.4, 0.5) is 5.69 Å². The van der Waals surface area contributed by atoms with E-state index in [0.29, 0.717) is 11.4 Å². The summed E-state index contributed by atoms with van der Waals surface area (Å²) in [6.07, 6.45) is -0.618. The van der Waals surface area contributed by atoms with Crippen LogP contribution in [0.25, 0.3) is 0 Å². The Bertz CT molecular complexity index is 593. The Morgan fingerprint density at radius 1 is 1.42 bits per heavy atom. The second-order valence-corrected chi connectivity index (χ2v) is 4.39. The maximum Gasteiger partial charge on any atom is 0.313 e. The van der Waals surface area contributed by atoms with E-state index in [4.69, 9.17) is 0 Å². The van der Waals surface area contributed by atoms with Crippen LogP contribution in [0.1, 0.15) is 23.1 Å². The van der Waals surface area contributed by atoms with E-state index in [1.54, 1.807) is 26.1 Å². The predicted molar refractivity (Wildman–Crippen MR) is 69.7 cm³/mol. The summed E-state index contributed by atoms with van der Waals surface area (Å²) in [6.45, 7) is 1.59. The number of aromatic nitrogens is 2. The lowest BCUT2D eigenvalue weighted by atomic mass is 10.0. The molecular formula is C13H15N3O3. The third-order valence-electron chi connectivity index (χ3n) is 3.06. The quantitative estimate of drug-likeness (QED) is 0.673. The first kappa shape index (κ1) is 13.2. The van der Waals surface area contributed by atoms with Gasteiger partial charge in [0.25, 0.3) is 0 Å². The van der Waals surface area contributed by atoms with Crippen molar-refractivity contribution in [2.75, 3.05) is 0 Å². The number of hydrogen-bond donors (Lipinski definition) is 1. The molecule has 0 bridgehead atoms. The fourth-order valence-electron chi connectivity index (χ4n) is 2.14. The maximum absolute atomic E-state index is 11.0. The summed E-state index contributed by atoms with van der Waals surface area (Å²) in [5.41, 5.74) is 1.51. The van der Waals surface area contributed by atoms with Gasteiger partial charge in [-0.2, -0.15) is 5.10 Å². The number of rotatable bonds is 4. The van der Waals surface area contributed by atoms with Crippen molar-refractivity contribution < 1.29 is 10.0 Å². The fourth-order valence-corrected chi connectivity index (χ4v) is 2.14. The summed E-state index contributed by atoms with van der Waals surface area (Å²) in [5, 5.41) is 25.2. The molecule has 1 unspecified atom stereocenters. The van der Waals surface area contributed by atoms with Crippen LogP contribution < -0.4 is 0 Å². The fraction of sp³-hybridized carbons (Fsp3) is 0.308. The summed E-state index contributed by atoms with van der Waals surface area (Å²) < 4.78 is 1.46. The number of aryl methyl sites for hydroxylation is 2. The van der Waals surface area contributed by atoms with Gasteiger partial charge in [-0.15, -0.1) is 0 Å². The number of aliphatic hydroxyl groups excluding tert-OH is 1. The van der Waals surface area contributed by atoms with E-state index < -0.39 is 11.0 Å². The van der Waals surface area contributed by atoms with Gasteiger partial charge >= 0.3 is 5.69 Å². The normalized spacial score (nSPS) is 12.4. The zero-order valence-corrected chi connectivity index (χ0v) is 10.8. The first-order valence-electron chi connectivity index (χ1n) is 5.90. The molecule has 0 aliphatic carbocycles. The molecule has 6 heteroatoms. The van der Waals surface area contributed by atoms with E-state index in [1.165, 1.54) is 4.68 Å². The molecule has 1 atom stereocenters. The highest BCUT2D eigenvalue weighted by Crippen LogP contribution is 2.27. The topological polar surface area (TPSA) is 81.2 Å². The average Bonchev–Trinajstić information content (AvgIpc) is 2.65. The number of nitrogens with zero attached hydrogens (tertiary/aromatic N) is 3. The lowest BCUT2D eigenvalue weighted by molar-refractivity contribution is -0.386. The number of benzene rings is 1. The highest BCUT2D eigenvalue weighted by Gasteiger charge is 2.25. The molecule has 1 heterocycles. The standard InChI is InChI=1S/C13H15N3O3/c1-9-13(16(18)19)11(15(2)14-9)8-12(17)10-6-4-3-5-7-10/h3-7,12,17H,8H2,1-2H3. The minimum absolute atomic E-state index is 0.0162. The molecule has 1 N–H and O–H groups in total. The molecule has 0 amide bonds. The molecule has 0 saturated heterocycles. The van der Waals surface area contributed by atoms with Gasteiger partial charge in [0, 0.05) is 13.5 Å². The molecule has 0 saturated carbocycles. The SMILES string of the molecule is Cc1nn(C)c(CC(O)c2ccccc2)c1[N+](=O)[O-]. The van der Waals surface area contributed by atoms with E-state index in [9.17, 15) is 15.2 Å². The van der Waals surface area contributed by atoms with Crippen LogP contribution in [0.5, 0.6) is 0 Å². The number of nitro groups is 1. The largest absolute Gasteiger partial charge is 0.388 e. The molecule has 0 fully saturated rings. The number of hydrogen-bond acceptors (Lipinski definition) is 4. The highest BCUT2D eigenvalue weighted by atomic mass is 16.6. The van der Waals surface area contributed by atoms with Crippen molar-refractivity contribution >= 4 is 5.69 Å². The Morgan fingerprint density at radius 2 is 2.05 bits per heavy atom. The van der Waals surface area contributed by atoms with Crippen LogP contribution in [0.3, 0.4) is 0 Å². The summed E-state index contributed by atoms with van der Waals surface area (Å²) >= 11 is 0. The Labute approximate surface area is 110 Å². The molecule has 1 aromatic carbocycles. The molecule has 19 heavy (non-hydrogen) atoms. The zero-order chi connectivity index (χ0) is 14.0. The van der Waals surface area contributed by atoms with Gasteiger partial charge in [-0.3, -0.25) is 14.8 Å². The molecule has 2 rings (SSSR count). The third-order valence-corrected chi connectivity index (χ3v) is 3.06. The van der Waals surface area contributed by atoms with Gasteiger partial charge in [-0.1, -0.05) is 30.3 Å².